The molecule has 0 saturated carbocycles. The molecule has 3 aromatic rings. The molecular weight excluding hydrogens is 436 g/mol. The molecule has 0 aliphatic carbocycles. The molecule has 1 aliphatic heterocycles. The second-order valence-electron chi connectivity index (χ2n) is 6.94. The van der Waals surface area contributed by atoms with Crippen molar-refractivity contribution in [2.75, 3.05) is 42.9 Å². The van der Waals surface area contributed by atoms with Crippen molar-refractivity contribution in [3.8, 4) is 5.75 Å². The third kappa shape index (κ3) is 4.80. The smallest absolute Gasteiger partial charge is 0.273 e. The largest absolute Gasteiger partial charge is 0.497 e. The minimum atomic E-state index is -3.74. The van der Waals surface area contributed by atoms with Gasteiger partial charge in [-0.05, 0) is 24.3 Å². The van der Waals surface area contributed by atoms with Crippen molar-refractivity contribution < 1.29 is 17.9 Å². The summed E-state index contributed by atoms with van der Waals surface area (Å²) in [7, 11) is -2.10. The number of aromatic nitrogens is 1. The number of rotatable bonds is 6. The van der Waals surface area contributed by atoms with E-state index >= 15 is 0 Å². The zero-order valence-corrected chi connectivity index (χ0v) is 18.5. The van der Waals surface area contributed by atoms with E-state index in [9.17, 15) is 13.2 Å². The van der Waals surface area contributed by atoms with E-state index in [0.717, 1.165) is 22.8 Å². The van der Waals surface area contributed by atoms with Crippen molar-refractivity contribution in [3.05, 3.63) is 65.7 Å². The highest BCUT2D eigenvalue weighted by atomic mass is 32.2. The molecule has 0 unspecified atom stereocenters. The van der Waals surface area contributed by atoms with Crippen LogP contribution < -0.4 is 14.4 Å². The van der Waals surface area contributed by atoms with Crippen molar-refractivity contribution in [1.29, 1.82) is 0 Å². The number of hydrogen-bond donors (Lipinski definition) is 1. The number of benzene rings is 2. The lowest BCUT2D eigenvalue weighted by Crippen LogP contribution is -2.48. The van der Waals surface area contributed by atoms with Crippen LogP contribution in [0, 0.1) is 0 Å². The fraction of sp³-hybridized carbons (Fsp3) is 0.238. The lowest BCUT2D eigenvalue weighted by Gasteiger charge is -2.35. The van der Waals surface area contributed by atoms with Crippen molar-refractivity contribution >= 4 is 38.1 Å². The van der Waals surface area contributed by atoms with Gasteiger partial charge in [-0.25, -0.2) is 13.4 Å². The predicted octanol–water partition coefficient (Wildman–Crippen LogP) is 2.91. The number of nitrogens with zero attached hydrogens (tertiary/aromatic N) is 3. The van der Waals surface area contributed by atoms with E-state index < -0.39 is 10.0 Å². The molecule has 2 aromatic carbocycles. The molecule has 1 aromatic heterocycles. The van der Waals surface area contributed by atoms with Crippen LogP contribution in [0.15, 0.2) is 64.9 Å². The van der Waals surface area contributed by atoms with Crippen LogP contribution in [0.3, 0.4) is 0 Å². The summed E-state index contributed by atoms with van der Waals surface area (Å²) in [6, 6.07) is 15.9. The number of amides is 1. The Morgan fingerprint density at radius 1 is 1.06 bits per heavy atom. The van der Waals surface area contributed by atoms with Crippen LogP contribution >= 0.6 is 11.3 Å². The molecule has 1 N–H and O–H groups in total. The van der Waals surface area contributed by atoms with Crippen LogP contribution in [-0.4, -0.2) is 57.5 Å². The Bertz CT molecular complexity index is 1160. The van der Waals surface area contributed by atoms with Gasteiger partial charge in [0.2, 0.25) is 0 Å². The molecule has 0 bridgehead atoms. The quantitative estimate of drug-likeness (QED) is 0.611. The minimum Gasteiger partial charge on any atom is -0.497 e. The number of thiazole rings is 1. The number of ether oxygens (including phenoxy) is 1. The first-order chi connectivity index (χ1) is 15.0. The van der Waals surface area contributed by atoms with Crippen molar-refractivity contribution in [2.24, 2.45) is 0 Å². The van der Waals surface area contributed by atoms with Crippen LogP contribution in [-0.2, 0) is 10.0 Å². The minimum absolute atomic E-state index is 0.145. The van der Waals surface area contributed by atoms with Crippen molar-refractivity contribution in [2.45, 2.75) is 4.90 Å². The maximum Gasteiger partial charge on any atom is 0.273 e. The first kappa shape index (κ1) is 21.1. The summed E-state index contributed by atoms with van der Waals surface area (Å²) >= 11 is 1.09. The number of piperazine rings is 1. The van der Waals surface area contributed by atoms with Crippen molar-refractivity contribution in [3.63, 3.8) is 0 Å². The summed E-state index contributed by atoms with van der Waals surface area (Å²) < 4.78 is 32.6. The first-order valence-corrected chi connectivity index (χ1v) is 12.0. The molecule has 1 aliphatic rings. The fourth-order valence-electron chi connectivity index (χ4n) is 3.33. The number of sulfonamides is 1. The van der Waals surface area contributed by atoms with E-state index in [1.54, 1.807) is 35.6 Å². The Balaban J connectivity index is 1.38. The Morgan fingerprint density at radius 2 is 1.81 bits per heavy atom. The highest BCUT2D eigenvalue weighted by molar-refractivity contribution is 7.93. The molecule has 4 rings (SSSR count). The van der Waals surface area contributed by atoms with Crippen LogP contribution in [0.2, 0.25) is 0 Å². The average Bonchev–Trinajstić information content (AvgIpc) is 3.27. The van der Waals surface area contributed by atoms with E-state index in [0.29, 0.717) is 26.2 Å². The summed E-state index contributed by atoms with van der Waals surface area (Å²) in [5.74, 6) is 0.593. The molecule has 1 saturated heterocycles. The van der Waals surface area contributed by atoms with Gasteiger partial charge in [0, 0.05) is 43.3 Å². The van der Waals surface area contributed by atoms with E-state index in [1.807, 2.05) is 24.3 Å². The second-order valence-corrected chi connectivity index (χ2v) is 9.48. The molecule has 0 atom stereocenters. The highest BCUT2D eigenvalue weighted by Gasteiger charge is 2.25. The third-order valence-corrected chi connectivity index (χ3v) is 7.23. The third-order valence-electron chi connectivity index (χ3n) is 4.98. The van der Waals surface area contributed by atoms with Crippen LogP contribution in [0.5, 0.6) is 5.75 Å². The molecule has 1 amide bonds. The number of carbonyl (C=O) groups is 1. The summed E-state index contributed by atoms with van der Waals surface area (Å²) in [6.45, 7) is 2.49. The van der Waals surface area contributed by atoms with E-state index in [2.05, 4.69) is 14.6 Å². The van der Waals surface area contributed by atoms with Gasteiger partial charge in [-0.1, -0.05) is 24.3 Å². The van der Waals surface area contributed by atoms with Crippen LogP contribution in [0.1, 0.15) is 10.5 Å². The van der Waals surface area contributed by atoms with Crippen LogP contribution in [0.4, 0.5) is 10.8 Å². The van der Waals surface area contributed by atoms with Gasteiger partial charge >= 0.3 is 0 Å². The fourth-order valence-corrected chi connectivity index (χ4v) is 5.29. The Hall–Kier alpha value is -3.11. The van der Waals surface area contributed by atoms with Gasteiger partial charge in [-0.15, -0.1) is 11.3 Å². The normalized spacial score (nSPS) is 14.4. The number of nitrogens with one attached hydrogen (secondary N) is 1. The van der Waals surface area contributed by atoms with E-state index in [4.69, 9.17) is 4.74 Å². The van der Waals surface area contributed by atoms with Gasteiger partial charge in [-0.3, -0.25) is 9.52 Å². The number of carbonyl (C=O) groups excluding carboxylic acids is 1. The lowest BCUT2D eigenvalue weighted by molar-refractivity contribution is 0.0741. The zero-order chi connectivity index (χ0) is 21.8. The maximum atomic E-state index is 12.8. The number of methoxy groups -OCH3 is 1. The molecule has 10 heteroatoms. The van der Waals surface area contributed by atoms with E-state index in [1.165, 1.54) is 12.1 Å². The number of hydrogen-bond acceptors (Lipinski definition) is 7. The monoisotopic (exact) mass is 458 g/mol. The summed E-state index contributed by atoms with van der Waals surface area (Å²) in [5, 5.41) is 1.75. The molecule has 8 nitrogen and oxygen atoms in total. The topological polar surface area (TPSA) is 91.8 Å². The predicted molar refractivity (Wildman–Crippen MR) is 120 cm³/mol. The number of anilines is 2. The average molecular weight is 459 g/mol. The van der Waals surface area contributed by atoms with E-state index in [-0.39, 0.29) is 21.6 Å². The van der Waals surface area contributed by atoms with Crippen molar-refractivity contribution in [1.82, 2.24) is 9.88 Å². The highest BCUT2D eigenvalue weighted by Crippen LogP contribution is 2.24. The second kappa shape index (κ2) is 8.94. The lowest BCUT2D eigenvalue weighted by atomic mass is 10.2. The van der Waals surface area contributed by atoms with Crippen LogP contribution in [0.25, 0.3) is 0 Å². The Morgan fingerprint density at radius 3 is 2.52 bits per heavy atom. The summed E-state index contributed by atoms with van der Waals surface area (Å²) in [5.41, 5.74) is 1.29. The maximum absolute atomic E-state index is 12.8. The van der Waals surface area contributed by atoms with Gasteiger partial charge in [0.15, 0.2) is 5.13 Å². The molecule has 2 heterocycles. The van der Waals surface area contributed by atoms with Gasteiger partial charge in [-0.2, -0.15) is 0 Å². The molecule has 162 valence electrons. The van der Waals surface area contributed by atoms with Gasteiger partial charge in [0.1, 0.15) is 11.4 Å². The SMILES string of the molecule is COc1cccc(N2CCN(C(=O)c3csc(NS(=O)(=O)c4ccccc4)n3)CC2)c1. The Labute approximate surface area is 185 Å². The summed E-state index contributed by atoms with van der Waals surface area (Å²) in [6.07, 6.45) is 0. The molecule has 0 spiro atoms. The van der Waals surface area contributed by atoms with Gasteiger partial charge < -0.3 is 14.5 Å². The zero-order valence-electron chi connectivity index (χ0n) is 16.9. The molecule has 1 fully saturated rings. The Kier molecular flexibility index (Phi) is 6.10. The molecule has 31 heavy (non-hydrogen) atoms. The van der Waals surface area contributed by atoms with Gasteiger partial charge in [0.05, 0.1) is 12.0 Å². The standard InChI is InChI=1S/C21H22N4O4S2/c1-29-17-7-5-6-16(14-17)24-10-12-25(13-11-24)20(26)19-15-30-21(22-19)23-31(27,28)18-8-3-2-4-9-18/h2-9,14-15H,10-13H2,1H3,(H,22,23). The molecular formula is C21H22N4O4S2. The van der Waals surface area contributed by atoms with Gasteiger partial charge in [0.25, 0.3) is 15.9 Å². The summed E-state index contributed by atoms with van der Waals surface area (Å²) in [4.78, 5) is 21.1. The first-order valence-electron chi connectivity index (χ1n) is 9.68. The molecule has 0 radical (unpaired) electrons.